The fraction of sp³-hybridized carbons (Fsp3) is 0.647. The van der Waals surface area contributed by atoms with E-state index in [0.717, 1.165) is 17.0 Å². The summed E-state index contributed by atoms with van der Waals surface area (Å²) in [4.78, 5) is 10.7. The maximum absolute atomic E-state index is 11.0. The van der Waals surface area contributed by atoms with Crippen molar-refractivity contribution < 1.29 is 4.92 Å². The predicted octanol–water partition coefficient (Wildman–Crippen LogP) is 4.35. The first-order valence-electron chi connectivity index (χ1n) is 8.05. The minimum absolute atomic E-state index is 0.219. The van der Waals surface area contributed by atoms with Crippen LogP contribution in [0.2, 0.25) is 0 Å². The second-order valence-corrected chi connectivity index (χ2v) is 6.30. The van der Waals surface area contributed by atoms with Gasteiger partial charge in [0.1, 0.15) is 0 Å². The molecule has 1 atom stereocenters. The SMILES string of the molecule is Cc1ccc(CN[C@@H](C)C2CCCCCC2)cc1[N+](=O)[O-]. The van der Waals surface area contributed by atoms with Gasteiger partial charge in [-0.1, -0.05) is 37.8 Å². The van der Waals surface area contributed by atoms with Gasteiger partial charge in [-0.15, -0.1) is 0 Å². The van der Waals surface area contributed by atoms with E-state index in [4.69, 9.17) is 0 Å². The van der Waals surface area contributed by atoms with Gasteiger partial charge in [-0.25, -0.2) is 0 Å². The molecule has 0 amide bonds. The lowest BCUT2D eigenvalue weighted by Gasteiger charge is -2.23. The maximum atomic E-state index is 11.0. The smallest absolute Gasteiger partial charge is 0.272 e. The van der Waals surface area contributed by atoms with Crippen molar-refractivity contribution in [2.75, 3.05) is 0 Å². The zero-order valence-electron chi connectivity index (χ0n) is 13.1. The first-order chi connectivity index (χ1) is 10.1. The van der Waals surface area contributed by atoms with Crippen LogP contribution in [0.5, 0.6) is 0 Å². The summed E-state index contributed by atoms with van der Waals surface area (Å²) in [6.45, 7) is 4.74. The molecule has 1 aliphatic carbocycles. The topological polar surface area (TPSA) is 55.2 Å². The van der Waals surface area contributed by atoms with Crippen LogP contribution in [0.1, 0.15) is 56.6 Å². The van der Waals surface area contributed by atoms with Crippen LogP contribution in [0.4, 0.5) is 5.69 Å². The molecule has 1 N–H and O–H groups in total. The lowest BCUT2D eigenvalue weighted by atomic mass is 9.93. The first kappa shape index (κ1) is 16.0. The molecule has 2 rings (SSSR count). The second-order valence-electron chi connectivity index (χ2n) is 6.30. The number of nitrogens with zero attached hydrogens (tertiary/aromatic N) is 1. The molecular formula is C17H26N2O2. The molecular weight excluding hydrogens is 264 g/mol. The Morgan fingerprint density at radius 3 is 2.57 bits per heavy atom. The van der Waals surface area contributed by atoms with Crippen molar-refractivity contribution >= 4 is 5.69 Å². The van der Waals surface area contributed by atoms with E-state index in [1.807, 2.05) is 12.1 Å². The Morgan fingerprint density at radius 2 is 1.95 bits per heavy atom. The Balaban J connectivity index is 1.92. The van der Waals surface area contributed by atoms with Gasteiger partial charge < -0.3 is 5.32 Å². The van der Waals surface area contributed by atoms with Crippen LogP contribution in [-0.4, -0.2) is 11.0 Å². The van der Waals surface area contributed by atoms with Gasteiger partial charge in [0.25, 0.3) is 5.69 Å². The number of nitro groups is 1. The van der Waals surface area contributed by atoms with Crippen LogP contribution in [-0.2, 0) is 6.54 Å². The molecule has 1 aliphatic rings. The molecule has 116 valence electrons. The van der Waals surface area contributed by atoms with E-state index in [1.165, 1.54) is 38.5 Å². The maximum Gasteiger partial charge on any atom is 0.272 e. The summed E-state index contributed by atoms with van der Waals surface area (Å²) in [6.07, 6.45) is 8.03. The average Bonchev–Trinajstić information content (AvgIpc) is 2.75. The molecule has 21 heavy (non-hydrogen) atoms. The predicted molar refractivity (Wildman–Crippen MR) is 85.3 cm³/mol. The van der Waals surface area contributed by atoms with Crippen molar-refractivity contribution in [3.63, 3.8) is 0 Å². The molecule has 0 radical (unpaired) electrons. The third-order valence-electron chi connectivity index (χ3n) is 4.71. The van der Waals surface area contributed by atoms with Gasteiger partial charge in [0.15, 0.2) is 0 Å². The summed E-state index contributed by atoms with van der Waals surface area (Å²) < 4.78 is 0. The summed E-state index contributed by atoms with van der Waals surface area (Å²) in [7, 11) is 0. The van der Waals surface area contributed by atoms with Gasteiger partial charge in [0, 0.05) is 24.2 Å². The van der Waals surface area contributed by atoms with Crippen LogP contribution in [0.3, 0.4) is 0 Å². The number of hydrogen-bond acceptors (Lipinski definition) is 3. The average molecular weight is 290 g/mol. The van der Waals surface area contributed by atoms with Crippen LogP contribution in [0.15, 0.2) is 18.2 Å². The highest BCUT2D eigenvalue weighted by atomic mass is 16.6. The highest BCUT2D eigenvalue weighted by Crippen LogP contribution is 2.26. The Kier molecular flexibility index (Phi) is 5.74. The van der Waals surface area contributed by atoms with Crippen molar-refractivity contribution in [2.45, 2.75) is 65.0 Å². The van der Waals surface area contributed by atoms with Crippen LogP contribution < -0.4 is 5.32 Å². The Bertz CT molecular complexity index is 480. The minimum Gasteiger partial charge on any atom is -0.310 e. The zero-order chi connectivity index (χ0) is 15.2. The Morgan fingerprint density at radius 1 is 1.29 bits per heavy atom. The van der Waals surface area contributed by atoms with E-state index in [2.05, 4.69) is 12.2 Å². The van der Waals surface area contributed by atoms with Crippen molar-refractivity contribution in [2.24, 2.45) is 5.92 Å². The van der Waals surface area contributed by atoms with Crippen LogP contribution in [0.25, 0.3) is 0 Å². The summed E-state index contributed by atoms with van der Waals surface area (Å²) in [6, 6.07) is 5.99. The number of aryl methyl sites for hydroxylation is 1. The molecule has 0 aromatic heterocycles. The molecule has 0 aliphatic heterocycles. The Hall–Kier alpha value is -1.42. The second kappa shape index (κ2) is 7.55. The van der Waals surface area contributed by atoms with Gasteiger partial charge in [0.2, 0.25) is 0 Å². The Labute approximate surface area is 127 Å². The minimum atomic E-state index is -0.298. The number of hydrogen-bond donors (Lipinski definition) is 1. The quantitative estimate of drug-likeness (QED) is 0.498. The van der Waals surface area contributed by atoms with Crippen LogP contribution >= 0.6 is 0 Å². The van der Waals surface area contributed by atoms with Gasteiger partial charge in [-0.2, -0.15) is 0 Å². The molecule has 0 heterocycles. The van der Waals surface area contributed by atoms with E-state index >= 15 is 0 Å². The summed E-state index contributed by atoms with van der Waals surface area (Å²) in [5.41, 5.74) is 1.93. The van der Waals surface area contributed by atoms with Crippen molar-refractivity contribution in [1.29, 1.82) is 0 Å². The van der Waals surface area contributed by atoms with Crippen LogP contribution in [0, 0.1) is 23.0 Å². The molecule has 0 saturated heterocycles. The number of rotatable bonds is 5. The molecule has 1 aromatic carbocycles. The molecule has 0 unspecified atom stereocenters. The first-order valence-corrected chi connectivity index (χ1v) is 8.05. The number of benzene rings is 1. The fourth-order valence-electron chi connectivity index (χ4n) is 3.22. The zero-order valence-corrected chi connectivity index (χ0v) is 13.1. The third kappa shape index (κ3) is 4.53. The van der Waals surface area contributed by atoms with E-state index in [1.54, 1.807) is 13.0 Å². The van der Waals surface area contributed by atoms with Crippen molar-refractivity contribution in [3.05, 3.63) is 39.4 Å². The van der Waals surface area contributed by atoms with Crippen molar-refractivity contribution in [3.8, 4) is 0 Å². The van der Waals surface area contributed by atoms with Gasteiger partial charge in [-0.3, -0.25) is 10.1 Å². The van der Waals surface area contributed by atoms with Gasteiger partial charge in [-0.05, 0) is 38.2 Å². The lowest BCUT2D eigenvalue weighted by Crippen LogP contribution is -2.32. The summed E-state index contributed by atoms with van der Waals surface area (Å²) in [5.74, 6) is 0.743. The highest BCUT2D eigenvalue weighted by Gasteiger charge is 2.19. The molecule has 1 saturated carbocycles. The molecule has 0 spiro atoms. The van der Waals surface area contributed by atoms with Gasteiger partial charge >= 0.3 is 0 Å². The summed E-state index contributed by atoms with van der Waals surface area (Å²) in [5, 5.41) is 14.5. The standard InChI is InChI=1S/C17H26N2O2/c1-13-9-10-15(11-17(13)19(20)21)12-18-14(2)16-7-5-3-4-6-8-16/h9-11,14,16,18H,3-8,12H2,1-2H3/t14-/m0/s1. The van der Waals surface area contributed by atoms with Gasteiger partial charge in [0.05, 0.1) is 4.92 Å². The van der Waals surface area contributed by atoms with E-state index in [0.29, 0.717) is 12.6 Å². The largest absolute Gasteiger partial charge is 0.310 e. The van der Waals surface area contributed by atoms with Crippen molar-refractivity contribution in [1.82, 2.24) is 5.32 Å². The summed E-state index contributed by atoms with van der Waals surface area (Å²) >= 11 is 0. The van der Waals surface area contributed by atoms with E-state index < -0.39 is 0 Å². The molecule has 1 aromatic rings. The third-order valence-corrected chi connectivity index (χ3v) is 4.71. The monoisotopic (exact) mass is 290 g/mol. The normalized spacial score (nSPS) is 18.2. The number of nitrogens with one attached hydrogen (secondary N) is 1. The molecule has 0 bridgehead atoms. The van der Waals surface area contributed by atoms with E-state index in [-0.39, 0.29) is 10.6 Å². The fourth-order valence-corrected chi connectivity index (χ4v) is 3.22. The highest BCUT2D eigenvalue weighted by molar-refractivity contribution is 5.42. The van der Waals surface area contributed by atoms with E-state index in [9.17, 15) is 10.1 Å². The molecule has 4 heteroatoms. The molecule has 4 nitrogen and oxygen atoms in total. The number of nitro benzene ring substituents is 1. The molecule has 1 fully saturated rings. The lowest BCUT2D eigenvalue weighted by molar-refractivity contribution is -0.385.